The van der Waals surface area contributed by atoms with Gasteiger partial charge in [0.25, 0.3) is 0 Å². The molecule has 0 aromatic heterocycles. The molecule has 0 bridgehead atoms. The summed E-state index contributed by atoms with van der Waals surface area (Å²) >= 11 is 6.17. The Morgan fingerprint density at radius 2 is 1.89 bits per heavy atom. The predicted molar refractivity (Wildman–Crippen MR) is 75.6 cm³/mol. The van der Waals surface area contributed by atoms with Crippen LogP contribution in [0.4, 0.5) is 5.69 Å². The molecule has 0 radical (unpaired) electrons. The molecule has 3 heteroatoms. The highest BCUT2D eigenvalue weighted by molar-refractivity contribution is 6.31. The number of benzene rings is 2. The average molecular weight is 260 g/mol. The van der Waals surface area contributed by atoms with Gasteiger partial charge in [0, 0.05) is 11.6 Å². The van der Waals surface area contributed by atoms with Gasteiger partial charge in [-0.15, -0.1) is 0 Å². The second-order valence-electron chi connectivity index (χ2n) is 4.45. The van der Waals surface area contributed by atoms with E-state index in [0.717, 1.165) is 46.3 Å². The van der Waals surface area contributed by atoms with Crippen LogP contribution >= 0.6 is 11.6 Å². The van der Waals surface area contributed by atoms with Crippen LogP contribution < -0.4 is 10.1 Å². The van der Waals surface area contributed by atoms with Crippen LogP contribution in [0.15, 0.2) is 36.4 Å². The Morgan fingerprint density at radius 3 is 2.72 bits per heavy atom. The molecule has 18 heavy (non-hydrogen) atoms. The topological polar surface area (TPSA) is 21.3 Å². The van der Waals surface area contributed by atoms with E-state index in [1.165, 1.54) is 0 Å². The van der Waals surface area contributed by atoms with E-state index in [4.69, 9.17) is 16.3 Å². The van der Waals surface area contributed by atoms with Crippen molar-refractivity contribution in [1.29, 1.82) is 0 Å². The molecule has 3 rings (SSSR count). The fourth-order valence-electron chi connectivity index (χ4n) is 2.09. The van der Waals surface area contributed by atoms with Gasteiger partial charge in [0.2, 0.25) is 0 Å². The van der Waals surface area contributed by atoms with E-state index in [-0.39, 0.29) is 0 Å². The molecule has 1 aliphatic rings. The monoisotopic (exact) mass is 259 g/mol. The molecule has 0 spiro atoms. The first-order valence-corrected chi connectivity index (χ1v) is 6.39. The number of hydrogen-bond acceptors (Lipinski definition) is 2. The second-order valence-corrected chi connectivity index (χ2v) is 4.86. The summed E-state index contributed by atoms with van der Waals surface area (Å²) < 4.78 is 5.57. The van der Waals surface area contributed by atoms with Crippen molar-refractivity contribution in [2.45, 2.75) is 6.92 Å². The standard InChI is InChI=1S/C15H14ClNO/c1-10-2-3-11(8-13(10)16)12-4-5-15-14(9-12)17-6-7-18-15/h2-5,8-9,17H,6-7H2,1H3. The lowest BCUT2D eigenvalue weighted by Crippen LogP contribution is -2.17. The van der Waals surface area contributed by atoms with Crippen molar-refractivity contribution >= 4 is 17.3 Å². The molecule has 2 nitrogen and oxygen atoms in total. The van der Waals surface area contributed by atoms with Gasteiger partial charge < -0.3 is 10.1 Å². The third kappa shape index (κ3) is 2.04. The van der Waals surface area contributed by atoms with Crippen molar-refractivity contribution in [2.24, 2.45) is 0 Å². The van der Waals surface area contributed by atoms with Crippen LogP contribution in [0.5, 0.6) is 5.75 Å². The average Bonchev–Trinajstić information content (AvgIpc) is 2.41. The summed E-state index contributed by atoms with van der Waals surface area (Å²) in [5.41, 5.74) is 4.42. The number of fused-ring (bicyclic) bond motifs is 1. The van der Waals surface area contributed by atoms with Crippen LogP contribution in [-0.4, -0.2) is 13.2 Å². The van der Waals surface area contributed by atoms with Gasteiger partial charge in [-0.3, -0.25) is 0 Å². The second kappa shape index (κ2) is 4.54. The van der Waals surface area contributed by atoms with Gasteiger partial charge in [0.05, 0.1) is 5.69 Å². The Morgan fingerprint density at radius 1 is 1.11 bits per heavy atom. The Bertz CT molecular complexity index is 595. The zero-order chi connectivity index (χ0) is 12.5. The first kappa shape index (κ1) is 11.4. The summed E-state index contributed by atoms with van der Waals surface area (Å²) in [5, 5.41) is 4.14. The normalized spacial score (nSPS) is 13.4. The summed E-state index contributed by atoms with van der Waals surface area (Å²) in [4.78, 5) is 0. The quantitative estimate of drug-likeness (QED) is 0.832. The lowest BCUT2D eigenvalue weighted by molar-refractivity contribution is 0.323. The minimum atomic E-state index is 0.725. The summed E-state index contributed by atoms with van der Waals surface area (Å²) in [7, 11) is 0. The van der Waals surface area contributed by atoms with Crippen LogP contribution in [0, 0.1) is 6.92 Å². The maximum atomic E-state index is 6.17. The highest BCUT2D eigenvalue weighted by Gasteiger charge is 2.10. The number of nitrogens with one attached hydrogen (secondary N) is 1. The van der Waals surface area contributed by atoms with E-state index in [9.17, 15) is 0 Å². The van der Waals surface area contributed by atoms with Crippen molar-refractivity contribution in [3.63, 3.8) is 0 Å². The van der Waals surface area contributed by atoms with Crippen LogP contribution in [0.1, 0.15) is 5.56 Å². The molecule has 1 heterocycles. The third-order valence-electron chi connectivity index (χ3n) is 3.16. The molecular weight excluding hydrogens is 246 g/mol. The van der Waals surface area contributed by atoms with E-state index < -0.39 is 0 Å². The molecule has 0 aliphatic carbocycles. The van der Waals surface area contributed by atoms with E-state index in [2.05, 4.69) is 23.5 Å². The first-order valence-electron chi connectivity index (χ1n) is 6.01. The molecule has 2 aromatic carbocycles. The number of halogens is 1. The SMILES string of the molecule is Cc1ccc(-c2ccc3c(c2)NCCO3)cc1Cl. The number of aryl methyl sites for hydroxylation is 1. The largest absolute Gasteiger partial charge is 0.490 e. The van der Waals surface area contributed by atoms with Gasteiger partial charge in [-0.1, -0.05) is 29.8 Å². The molecule has 1 aliphatic heterocycles. The number of ether oxygens (including phenoxy) is 1. The maximum Gasteiger partial charge on any atom is 0.142 e. The molecular formula is C15H14ClNO. The fraction of sp³-hybridized carbons (Fsp3) is 0.200. The summed E-state index contributed by atoms with van der Waals surface area (Å²) in [6.07, 6.45) is 0. The summed E-state index contributed by atoms with van der Waals surface area (Å²) in [5.74, 6) is 0.920. The molecule has 0 unspecified atom stereocenters. The number of hydrogen-bond donors (Lipinski definition) is 1. The Kier molecular flexibility index (Phi) is 2.88. The number of anilines is 1. The Labute approximate surface area is 112 Å². The maximum absolute atomic E-state index is 6.17. The van der Waals surface area contributed by atoms with E-state index in [1.807, 2.05) is 25.1 Å². The molecule has 0 amide bonds. The van der Waals surface area contributed by atoms with Crippen molar-refractivity contribution < 1.29 is 4.74 Å². The summed E-state index contributed by atoms with van der Waals surface area (Å²) in [6, 6.07) is 12.3. The molecule has 0 atom stereocenters. The van der Waals surface area contributed by atoms with Crippen molar-refractivity contribution in [3.8, 4) is 16.9 Å². The molecule has 0 saturated heterocycles. The van der Waals surface area contributed by atoms with Crippen LogP contribution in [0.2, 0.25) is 5.02 Å². The molecule has 2 aromatic rings. The van der Waals surface area contributed by atoms with Gasteiger partial charge in [-0.05, 0) is 41.8 Å². The molecule has 0 saturated carbocycles. The zero-order valence-corrected chi connectivity index (χ0v) is 10.9. The first-order chi connectivity index (χ1) is 8.74. The highest BCUT2D eigenvalue weighted by atomic mass is 35.5. The third-order valence-corrected chi connectivity index (χ3v) is 3.57. The van der Waals surface area contributed by atoms with E-state index >= 15 is 0 Å². The fourth-order valence-corrected chi connectivity index (χ4v) is 2.27. The molecule has 92 valence electrons. The van der Waals surface area contributed by atoms with Gasteiger partial charge >= 0.3 is 0 Å². The van der Waals surface area contributed by atoms with E-state index in [1.54, 1.807) is 0 Å². The highest BCUT2D eigenvalue weighted by Crippen LogP contribution is 2.33. The number of rotatable bonds is 1. The van der Waals surface area contributed by atoms with Crippen LogP contribution in [0.25, 0.3) is 11.1 Å². The summed E-state index contributed by atoms with van der Waals surface area (Å²) in [6.45, 7) is 3.59. The van der Waals surface area contributed by atoms with Crippen molar-refractivity contribution in [1.82, 2.24) is 0 Å². The van der Waals surface area contributed by atoms with Gasteiger partial charge in [0.15, 0.2) is 0 Å². The predicted octanol–water partition coefficient (Wildman–Crippen LogP) is 4.12. The molecule has 1 N–H and O–H groups in total. The van der Waals surface area contributed by atoms with Crippen LogP contribution in [-0.2, 0) is 0 Å². The lowest BCUT2D eigenvalue weighted by Gasteiger charge is -2.19. The Balaban J connectivity index is 2.03. The lowest BCUT2D eigenvalue weighted by atomic mass is 10.0. The molecule has 0 fully saturated rings. The van der Waals surface area contributed by atoms with Gasteiger partial charge in [-0.25, -0.2) is 0 Å². The smallest absolute Gasteiger partial charge is 0.142 e. The van der Waals surface area contributed by atoms with E-state index in [0.29, 0.717) is 0 Å². The Hall–Kier alpha value is -1.67. The minimum Gasteiger partial charge on any atom is -0.490 e. The zero-order valence-electron chi connectivity index (χ0n) is 10.2. The van der Waals surface area contributed by atoms with Gasteiger partial charge in [-0.2, -0.15) is 0 Å². The van der Waals surface area contributed by atoms with Crippen molar-refractivity contribution in [3.05, 3.63) is 47.0 Å². The van der Waals surface area contributed by atoms with Crippen molar-refractivity contribution in [2.75, 3.05) is 18.5 Å². The van der Waals surface area contributed by atoms with Gasteiger partial charge in [0.1, 0.15) is 12.4 Å². The van der Waals surface area contributed by atoms with Crippen LogP contribution in [0.3, 0.4) is 0 Å². The minimum absolute atomic E-state index is 0.725.